The molecule has 0 spiro atoms. The highest BCUT2D eigenvalue weighted by molar-refractivity contribution is 7.86. The van der Waals surface area contributed by atoms with Crippen molar-refractivity contribution in [2.24, 2.45) is 0 Å². The zero-order valence-electron chi connectivity index (χ0n) is 6.28. The second kappa shape index (κ2) is 4.66. The van der Waals surface area contributed by atoms with Crippen LogP contribution in [0, 0.1) is 0 Å². The maximum atomic E-state index is 10.1. The first-order valence-corrected chi connectivity index (χ1v) is 4.79. The molecule has 6 heteroatoms. The molecule has 0 heterocycles. The second-order valence-corrected chi connectivity index (χ2v) is 3.68. The topological polar surface area (TPSA) is 89.5 Å². The molecule has 68 valence electrons. The highest BCUT2D eigenvalue weighted by Crippen LogP contribution is 1.90. The summed E-state index contributed by atoms with van der Waals surface area (Å²) in [6, 6.07) is 0. The Morgan fingerprint density at radius 3 is 2.55 bits per heavy atom. The van der Waals surface area contributed by atoms with Crippen LogP contribution >= 0.6 is 0 Å². The van der Waals surface area contributed by atoms with Gasteiger partial charge in [-0.25, -0.2) is 8.42 Å². The molecule has 2 N–H and O–H groups in total. The summed E-state index contributed by atoms with van der Waals surface area (Å²) in [6.07, 6.45) is 0.825. The molecule has 0 fully saturated rings. The van der Waals surface area contributed by atoms with Crippen molar-refractivity contribution in [1.29, 1.82) is 0 Å². The fourth-order valence-corrected chi connectivity index (χ4v) is 0.826. The quantitative estimate of drug-likeness (QED) is 0.414. The van der Waals surface area contributed by atoms with Gasteiger partial charge < -0.3 is 15.0 Å². The van der Waals surface area contributed by atoms with Crippen LogP contribution in [0.2, 0.25) is 0 Å². The van der Waals surface area contributed by atoms with Crippen LogP contribution in [-0.2, 0) is 10.1 Å². The van der Waals surface area contributed by atoms with Gasteiger partial charge >= 0.3 is 0 Å². The Labute approximate surface area is 66.2 Å². The molecule has 11 heavy (non-hydrogen) atoms. The lowest BCUT2D eigenvalue weighted by molar-refractivity contribution is 0.227. The number of nitrogens with one attached hydrogen (secondary N) is 1. The van der Waals surface area contributed by atoms with Crippen LogP contribution in [0.15, 0.2) is 0 Å². The number of hydrogen-bond donors (Lipinski definition) is 2. The molecule has 0 aliphatic rings. The largest absolute Gasteiger partial charge is 0.746 e. The Hall–Kier alpha value is -0.170. The lowest BCUT2D eigenvalue weighted by atomic mass is 10.5. The average Bonchev–Trinajstić information content (AvgIpc) is 1.86. The van der Waals surface area contributed by atoms with Gasteiger partial charge in [-0.1, -0.05) is 6.92 Å². The maximum Gasteiger partial charge on any atom is 0.155 e. The van der Waals surface area contributed by atoms with Crippen molar-refractivity contribution >= 4 is 10.1 Å². The highest BCUT2D eigenvalue weighted by Gasteiger charge is 2.09. The Kier molecular flexibility index (Phi) is 4.58. The van der Waals surface area contributed by atoms with Crippen LogP contribution in [0.25, 0.3) is 0 Å². The molecule has 0 bridgehead atoms. The van der Waals surface area contributed by atoms with Gasteiger partial charge in [0.2, 0.25) is 0 Å². The Morgan fingerprint density at radius 1 is 1.64 bits per heavy atom. The van der Waals surface area contributed by atoms with Gasteiger partial charge in [-0.2, -0.15) is 0 Å². The summed E-state index contributed by atoms with van der Waals surface area (Å²) in [4.78, 5) is 0. The first kappa shape index (κ1) is 10.8. The summed E-state index contributed by atoms with van der Waals surface area (Å²) in [5.74, 6) is 0. The minimum atomic E-state index is -4.54. The van der Waals surface area contributed by atoms with Crippen LogP contribution < -0.4 is 5.32 Å². The van der Waals surface area contributed by atoms with E-state index in [1.54, 1.807) is 0 Å². The van der Waals surface area contributed by atoms with Crippen molar-refractivity contribution in [3.63, 3.8) is 0 Å². The lowest BCUT2D eigenvalue weighted by Crippen LogP contribution is -2.33. The fourth-order valence-electron chi connectivity index (χ4n) is 0.504. The van der Waals surface area contributed by atoms with Crippen LogP contribution in [0.1, 0.15) is 13.3 Å². The number of rotatable bonds is 5. The molecule has 0 amide bonds. The highest BCUT2D eigenvalue weighted by atomic mass is 32.2. The molecule has 0 radical (unpaired) electrons. The van der Waals surface area contributed by atoms with Gasteiger partial charge in [0.05, 0.1) is 0 Å². The normalized spacial score (nSPS) is 14.8. The van der Waals surface area contributed by atoms with Crippen LogP contribution in [-0.4, -0.2) is 36.6 Å². The van der Waals surface area contributed by atoms with Crippen LogP contribution in [0.5, 0.6) is 0 Å². The molecule has 0 rings (SSSR count). The first-order valence-electron chi connectivity index (χ1n) is 3.32. The van der Waals surface area contributed by atoms with E-state index in [2.05, 4.69) is 5.32 Å². The summed E-state index contributed by atoms with van der Waals surface area (Å²) in [5.41, 5.74) is -1.82. The Balaban J connectivity index is 3.62. The van der Waals surface area contributed by atoms with Crippen LogP contribution in [0.3, 0.4) is 0 Å². The molecular weight excluding hydrogens is 170 g/mol. The lowest BCUT2D eigenvalue weighted by Gasteiger charge is -2.14. The number of aliphatic hydroxyl groups excluding tert-OH is 1. The van der Waals surface area contributed by atoms with Crippen molar-refractivity contribution < 1.29 is 18.1 Å². The van der Waals surface area contributed by atoms with E-state index in [1.807, 2.05) is 6.92 Å². The van der Waals surface area contributed by atoms with E-state index in [9.17, 15) is 13.0 Å². The van der Waals surface area contributed by atoms with Crippen molar-refractivity contribution in [3.8, 4) is 0 Å². The molecule has 1 unspecified atom stereocenters. The van der Waals surface area contributed by atoms with Crippen molar-refractivity contribution in [1.82, 2.24) is 5.32 Å². The molecule has 5 nitrogen and oxygen atoms in total. The third-order valence-electron chi connectivity index (χ3n) is 1.08. The van der Waals surface area contributed by atoms with E-state index in [4.69, 9.17) is 5.11 Å². The van der Waals surface area contributed by atoms with E-state index in [0.29, 0.717) is 6.54 Å². The summed E-state index contributed by atoms with van der Waals surface area (Å²) >= 11 is 0. The standard InChI is InChI=1S/C5H13NO4S/c1-2-3-6-4-5(7)11(8,9)10/h5-7H,2-4H2,1H3,(H,8,9,10)/p-1. The molecule has 0 aromatic rings. The van der Waals surface area contributed by atoms with Crippen molar-refractivity contribution in [3.05, 3.63) is 0 Å². The zero-order valence-corrected chi connectivity index (χ0v) is 7.10. The van der Waals surface area contributed by atoms with E-state index in [0.717, 1.165) is 6.42 Å². The molecule has 0 aliphatic heterocycles. The Morgan fingerprint density at radius 2 is 2.18 bits per heavy atom. The van der Waals surface area contributed by atoms with Gasteiger partial charge in [-0.3, -0.25) is 0 Å². The summed E-state index contributed by atoms with van der Waals surface area (Å²) in [7, 11) is -4.54. The van der Waals surface area contributed by atoms with Gasteiger partial charge in [0.25, 0.3) is 0 Å². The molecule has 0 aliphatic carbocycles. The molecule has 0 saturated carbocycles. The number of hydrogen-bond acceptors (Lipinski definition) is 5. The van der Waals surface area contributed by atoms with E-state index < -0.39 is 15.6 Å². The van der Waals surface area contributed by atoms with Gasteiger partial charge in [0, 0.05) is 6.54 Å². The maximum absolute atomic E-state index is 10.1. The second-order valence-electron chi connectivity index (χ2n) is 2.15. The first-order chi connectivity index (χ1) is 4.98. The molecule has 0 saturated heterocycles. The van der Waals surface area contributed by atoms with Gasteiger partial charge in [0.1, 0.15) is 10.1 Å². The third-order valence-corrected chi connectivity index (χ3v) is 1.91. The van der Waals surface area contributed by atoms with Gasteiger partial charge in [-0.15, -0.1) is 0 Å². The molecule has 0 aromatic carbocycles. The van der Waals surface area contributed by atoms with Crippen molar-refractivity contribution in [2.75, 3.05) is 13.1 Å². The summed E-state index contributed by atoms with van der Waals surface area (Å²) in [5, 5.41) is 11.3. The van der Waals surface area contributed by atoms with Crippen molar-refractivity contribution in [2.45, 2.75) is 18.8 Å². The molecule has 0 aromatic heterocycles. The van der Waals surface area contributed by atoms with Gasteiger partial charge in [-0.05, 0) is 13.0 Å². The summed E-state index contributed by atoms with van der Waals surface area (Å²) in [6.45, 7) is 2.29. The van der Waals surface area contributed by atoms with Crippen LogP contribution in [0.4, 0.5) is 0 Å². The Bertz CT molecular complexity index is 189. The minimum absolute atomic E-state index is 0.195. The predicted molar refractivity (Wildman–Crippen MR) is 38.9 cm³/mol. The third kappa shape index (κ3) is 5.14. The van der Waals surface area contributed by atoms with E-state index in [-0.39, 0.29) is 6.54 Å². The SMILES string of the molecule is CCCNCC(O)S(=O)(=O)[O-]. The van der Waals surface area contributed by atoms with E-state index >= 15 is 0 Å². The molecule has 1 atom stereocenters. The molecular formula is C5H12NO4S-. The zero-order chi connectivity index (χ0) is 8.91. The summed E-state index contributed by atoms with van der Waals surface area (Å²) < 4.78 is 30.2. The predicted octanol–water partition coefficient (Wildman–Crippen LogP) is -1.15. The monoisotopic (exact) mass is 182 g/mol. The van der Waals surface area contributed by atoms with Gasteiger partial charge in [0.15, 0.2) is 5.44 Å². The smallest absolute Gasteiger partial charge is 0.155 e. The minimum Gasteiger partial charge on any atom is -0.746 e. The fraction of sp³-hybridized carbons (Fsp3) is 1.00. The number of aliphatic hydroxyl groups is 1. The van der Waals surface area contributed by atoms with E-state index in [1.165, 1.54) is 0 Å². The average molecular weight is 182 g/mol.